The van der Waals surface area contributed by atoms with Crippen LogP contribution in [-0.4, -0.2) is 38.7 Å². The van der Waals surface area contributed by atoms with Crippen LogP contribution >= 0.6 is 11.8 Å². The molecule has 5 N–H and O–H groups in total. The molecule has 280 valence electrons. The van der Waals surface area contributed by atoms with E-state index in [4.69, 9.17) is 15.2 Å². The number of nitrogens with zero attached hydrogens (tertiary/aromatic N) is 2. The Morgan fingerprint density at radius 2 is 1.46 bits per heavy atom. The molecule has 0 bridgehead atoms. The fraction of sp³-hybridized carbons (Fsp3) is 0.302. The van der Waals surface area contributed by atoms with Gasteiger partial charge >= 0.3 is 0 Å². The molecule has 3 atom stereocenters. The SMILES string of the molecule is Nc1ccccc1NC(=O)CCCCCCC(=O)NCc1ccccc1-c1ccc([C@H]2O[C@@H](CSc3ncccn3)C[C@@H](c3ccc(CO)cc3)O2)cc1. The number of unbranched alkanes of at least 4 members (excludes halogenated alkanes) is 3. The summed E-state index contributed by atoms with van der Waals surface area (Å²) in [5, 5.41) is 16.2. The summed E-state index contributed by atoms with van der Waals surface area (Å²) in [4.78, 5) is 33.7. The highest BCUT2D eigenvalue weighted by molar-refractivity contribution is 7.99. The van der Waals surface area contributed by atoms with E-state index in [1.165, 1.54) is 0 Å². The zero-order valence-corrected chi connectivity index (χ0v) is 31.0. The number of carbonyl (C=O) groups excluding carboxylic acids is 2. The van der Waals surface area contributed by atoms with Crippen LogP contribution in [-0.2, 0) is 32.2 Å². The largest absolute Gasteiger partial charge is 0.397 e. The smallest absolute Gasteiger partial charge is 0.224 e. The molecule has 0 spiro atoms. The van der Waals surface area contributed by atoms with Crippen LogP contribution in [0.25, 0.3) is 11.1 Å². The van der Waals surface area contributed by atoms with Crippen LogP contribution in [0.5, 0.6) is 0 Å². The molecule has 11 heteroatoms. The van der Waals surface area contributed by atoms with E-state index >= 15 is 0 Å². The molecule has 54 heavy (non-hydrogen) atoms. The number of thioether (sulfide) groups is 1. The van der Waals surface area contributed by atoms with Crippen molar-refractivity contribution in [3.63, 3.8) is 0 Å². The summed E-state index contributed by atoms with van der Waals surface area (Å²) in [7, 11) is 0. The number of hydrogen-bond acceptors (Lipinski definition) is 9. The number of amides is 2. The molecule has 2 heterocycles. The van der Waals surface area contributed by atoms with Crippen LogP contribution in [0.2, 0.25) is 0 Å². The van der Waals surface area contributed by atoms with Crippen molar-refractivity contribution < 1.29 is 24.2 Å². The first-order chi connectivity index (χ1) is 26.4. The summed E-state index contributed by atoms with van der Waals surface area (Å²) >= 11 is 1.56. The summed E-state index contributed by atoms with van der Waals surface area (Å²) in [6.45, 7) is 0.419. The van der Waals surface area contributed by atoms with Gasteiger partial charge in [-0.1, -0.05) is 110 Å². The second kappa shape index (κ2) is 19.8. The Morgan fingerprint density at radius 3 is 2.20 bits per heavy atom. The van der Waals surface area contributed by atoms with Crippen molar-refractivity contribution in [3.05, 3.63) is 138 Å². The Morgan fingerprint density at radius 1 is 0.778 bits per heavy atom. The molecule has 5 aromatic rings. The number of ether oxygens (including phenoxy) is 2. The number of hydrogen-bond donors (Lipinski definition) is 4. The fourth-order valence-electron chi connectivity index (χ4n) is 6.36. The van der Waals surface area contributed by atoms with Crippen molar-refractivity contribution in [2.24, 2.45) is 0 Å². The lowest BCUT2D eigenvalue weighted by molar-refractivity contribution is -0.245. The van der Waals surface area contributed by atoms with Crippen LogP contribution in [0.4, 0.5) is 11.4 Å². The number of nitrogen functional groups attached to an aromatic ring is 1. The maximum Gasteiger partial charge on any atom is 0.224 e. The number of carbonyl (C=O) groups is 2. The third-order valence-electron chi connectivity index (χ3n) is 9.34. The summed E-state index contributed by atoms with van der Waals surface area (Å²) in [6, 6.07) is 33.2. The second-order valence-electron chi connectivity index (χ2n) is 13.3. The lowest BCUT2D eigenvalue weighted by Gasteiger charge is -2.36. The fourth-order valence-corrected chi connectivity index (χ4v) is 7.18. The molecule has 10 nitrogen and oxygen atoms in total. The lowest BCUT2D eigenvalue weighted by atomic mass is 9.97. The molecular weight excluding hydrogens is 699 g/mol. The van der Waals surface area contributed by atoms with Crippen molar-refractivity contribution in [2.45, 2.75) is 81.8 Å². The number of para-hydroxylation sites is 2. The third-order valence-corrected chi connectivity index (χ3v) is 10.3. The minimum atomic E-state index is -0.571. The number of nitrogens with one attached hydrogen (secondary N) is 2. The highest BCUT2D eigenvalue weighted by Crippen LogP contribution is 2.40. The highest BCUT2D eigenvalue weighted by Gasteiger charge is 2.32. The maximum atomic E-state index is 12.7. The van der Waals surface area contributed by atoms with Crippen molar-refractivity contribution in [3.8, 4) is 11.1 Å². The predicted molar refractivity (Wildman–Crippen MR) is 212 cm³/mol. The van der Waals surface area contributed by atoms with E-state index in [0.717, 1.165) is 59.1 Å². The molecule has 0 saturated carbocycles. The molecular formula is C43H47N5O5S. The first-order valence-corrected chi connectivity index (χ1v) is 19.4. The number of aromatic nitrogens is 2. The minimum absolute atomic E-state index is 0.00726. The predicted octanol–water partition coefficient (Wildman–Crippen LogP) is 8.15. The van der Waals surface area contributed by atoms with Gasteiger partial charge in [0.05, 0.1) is 30.2 Å². The van der Waals surface area contributed by atoms with Gasteiger partial charge in [0, 0.05) is 49.5 Å². The number of anilines is 2. The molecule has 1 aliphatic rings. The van der Waals surface area contributed by atoms with Gasteiger partial charge in [-0.2, -0.15) is 0 Å². The minimum Gasteiger partial charge on any atom is -0.397 e. The molecule has 6 rings (SSSR count). The number of aliphatic hydroxyl groups is 1. The zero-order valence-electron chi connectivity index (χ0n) is 30.2. The summed E-state index contributed by atoms with van der Waals surface area (Å²) in [6.07, 6.45) is 7.43. The van der Waals surface area contributed by atoms with Crippen LogP contribution in [0, 0.1) is 0 Å². The van der Waals surface area contributed by atoms with Crippen LogP contribution in [0.1, 0.15) is 79.6 Å². The van der Waals surface area contributed by atoms with Crippen LogP contribution in [0.3, 0.4) is 0 Å². The van der Waals surface area contributed by atoms with Crippen LogP contribution < -0.4 is 16.4 Å². The average molecular weight is 746 g/mol. The van der Waals surface area contributed by atoms with E-state index < -0.39 is 6.29 Å². The first-order valence-electron chi connectivity index (χ1n) is 18.4. The van der Waals surface area contributed by atoms with Gasteiger partial charge in [0.1, 0.15) is 0 Å². The molecule has 2 amide bonds. The molecule has 1 saturated heterocycles. The van der Waals surface area contributed by atoms with Gasteiger partial charge in [0.15, 0.2) is 11.4 Å². The molecule has 1 aromatic heterocycles. The monoisotopic (exact) mass is 745 g/mol. The van der Waals surface area contributed by atoms with Gasteiger partial charge in [-0.25, -0.2) is 9.97 Å². The lowest BCUT2D eigenvalue weighted by Crippen LogP contribution is -2.31. The number of nitrogens with two attached hydrogens (primary N) is 1. The number of rotatable bonds is 17. The molecule has 1 aliphatic heterocycles. The van der Waals surface area contributed by atoms with E-state index in [1.54, 1.807) is 42.4 Å². The Hall–Kier alpha value is -5.07. The molecule has 1 fully saturated rings. The van der Waals surface area contributed by atoms with Crippen molar-refractivity contribution in [1.82, 2.24) is 15.3 Å². The average Bonchev–Trinajstić information content (AvgIpc) is 3.22. The standard InChI is InChI=1S/C43H47N5O5S/c44-37-12-7-8-13-38(37)48-41(51)15-4-2-1-3-14-40(50)47-27-34-10-5-6-11-36(34)31-20-22-33(23-21-31)42-52-35(29-54-43-45-24-9-25-46-43)26-39(53-42)32-18-16-30(28-49)17-19-32/h5-13,16-25,35,39,42,49H,1-4,14-15,26-29,44H2,(H,47,50)(H,48,51)/t35-,39+,42+/m1/s1. The summed E-state index contributed by atoms with van der Waals surface area (Å²) in [5.41, 5.74) is 13.0. The Labute approximate surface area is 320 Å². The Balaban J connectivity index is 1.00. The third kappa shape index (κ3) is 11.2. The topological polar surface area (TPSA) is 149 Å². The van der Waals surface area contributed by atoms with E-state index in [1.807, 2.05) is 66.7 Å². The summed E-state index contributed by atoms with van der Waals surface area (Å²) in [5.74, 6) is 0.635. The molecule has 0 aliphatic carbocycles. The Bertz CT molecular complexity index is 1940. The summed E-state index contributed by atoms with van der Waals surface area (Å²) < 4.78 is 13.1. The van der Waals surface area contributed by atoms with Gasteiger partial charge < -0.3 is 30.9 Å². The normalized spacial score (nSPS) is 16.8. The van der Waals surface area contributed by atoms with Gasteiger partial charge in [-0.05, 0) is 58.9 Å². The first kappa shape index (κ1) is 38.6. The van der Waals surface area contributed by atoms with Crippen LogP contribution in [0.15, 0.2) is 121 Å². The quantitative estimate of drug-likeness (QED) is 0.0320. The van der Waals surface area contributed by atoms with Gasteiger partial charge in [-0.3, -0.25) is 9.59 Å². The van der Waals surface area contributed by atoms with Gasteiger partial charge in [0.2, 0.25) is 11.8 Å². The molecule has 0 radical (unpaired) electrons. The molecule has 0 unspecified atom stereocenters. The van der Waals surface area contributed by atoms with E-state index in [2.05, 4.69) is 38.8 Å². The number of benzene rings is 4. The molecule has 4 aromatic carbocycles. The Kier molecular flexibility index (Phi) is 14.2. The zero-order chi connectivity index (χ0) is 37.5. The van der Waals surface area contributed by atoms with Crippen molar-refractivity contribution in [1.29, 1.82) is 0 Å². The van der Waals surface area contributed by atoms with E-state index in [9.17, 15) is 14.7 Å². The second-order valence-corrected chi connectivity index (χ2v) is 14.3. The van der Waals surface area contributed by atoms with Gasteiger partial charge in [-0.15, -0.1) is 0 Å². The van der Waals surface area contributed by atoms with E-state index in [0.29, 0.717) is 48.1 Å². The van der Waals surface area contributed by atoms with Crippen molar-refractivity contribution >= 4 is 35.0 Å². The maximum absolute atomic E-state index is 12.7. The van der Waals surface area contributed by atoms with Gasteiger partial charge in [0.25, 0.3) is 0 Å². The highest BCUT2D eigenvalue weighted by atomic mass is 32.2. The van der Waals surface area contributed by atoms with E-state index in [-0.39, 0.29) is 30.6 Å². The van der Waals surface area contributed by atoms with Crippen molar-refractivity contribution in [2.75, 3.05) is 16.8 Å². The number of aliphatic hydroxyl groups excluding tert-OH is 1.